The lowest BCUT2D eigenvalue weighted by Crippen LogP contribution is -1.61. The molecule has 0 saturated carbocycles. The average Bonchev–Trinajstić information content (AvgIpc) is 1.81. The van der Waals surface area contributed by atoms with Gasteiger partial charge in [0.1, 0.15) is 0 Å². The van der Waals surface area contributed by atoms with E-state index in [2.05, 4.69) is 6.92 Å². The van der Waals surface area contributed by atoms with Crippen LogP contribution in [0.5, 0.6) is 0 Å². The van der Waals surface area contributed by atoms with Crippen molar-refractivity contribution in [2.75, 3.05) is 0 Å². The Balaban J connectivity index is 2.93. The minimum atomic E-state index is 1.02. The lowest BCUT2D eigenvalue weighted by Gasteiger charge is -1.81. The van der Waals surface area contributed by atoms with Gasteiger partial charge in [0.05, 0.1) is 0 Å². The minimum Gasteiger partial charge on any atom is -0.0882 e. The summed E-state index contributed by atoms with van der Waals surface area (Å²) in [5, 5.41) is 0. The van der Waals surface area contributed by atoms with Gasteiger partial charge in [-0.1, -0.05) is 24.3 Å². The SMILES string of the molecule is [CH]/C=C/CC/C=C/[CH2]. The fourth-order valence-electron chi connectivity index (χ4n) is 0.407. The number of unbranched alkanes of at least 4 members (excludes halogenated alkanes) is 1. The van der Waals surface area contributed by atoms with Crippen LogP contribution in [-0.2, 0) is 0 Å². The molecule has 0 spiro atoms. The molecule has 0 unspecified atom stereocenters. The maximum atomic E-state index is 5.09. The largest absolute Gasteiger partial charge is 0.0882 e. The van der Waals surface area contributed by atoms with Gasteiger partial charge in [0.25, 0.3) is 0 Å². The summed E-state index contributed by atoms with van der Waals surface area (Å²) in [6, 6.07) is 0. The number of allylic oxidation sites excluding steroid dienone is 4. The van der Waals surface area contributed by atoms with Crippen molar-refractivity contribution in [3.05, 3.63) is 38.2 Å². The van der Waals surface area contributed by atoms with Gasteiger partial charge in [0.2, 0.25) is 0 Å². The molecular weight excluding hydrogens is 96.1 g/mol. The zero-order valence-electron chi connectivity index (χ0n) is 5.01. The summed E-state index contributed by atoms with van der Waals surface area (Å²) in [4.78, 5) is 0. The molecule has 0 aromatic heterocycles. The van der Waals surface area contributed by atoms with Crippen molar-refractivity contribution >= 4 is 0 Å². The van der Waals surface area contributed by atoms with E-state index < -0.39 is 0 Å². The highest BCUT2D eigenvalue weighted by Gasteiger charge is 1.70. The lowest BCUT2D eigenvalue weighted by atomic mass is 10.3. The maximum Gasteiger partial charge on any atom is -0.00958 e. The summed E-state index contributed by atoms with van der Waals surface area (Å²) in [7, 11) is 0. The molecule has 0 aromatic rings. The Morgan fingerprint density at radius 1 is 1.25 bits per heavy atom. The summed E-state index contributed by atoms with van der Waals surface area (Å²) < 4.78 is 0. The van der Waals surface area contributed by atoms with Crippen molar-refractivity contribution in [2.24, 2.45) is 0 Å². The first kappa shape index (κ1) is 7.48. The molecule has 0 aliphatic heterocycles. The molecule has 0 atom stereocenters. The maximum absolute atomic E-state index is 5.09. The van der Waals surface area contributed by atoms with Crippen molar-refractivity contribution in [1.82, 2.24) is 0 Å². The molecule has 0 nitrogen and oxygen atoms in total. The second-order valence-corrected chi connectivity index (χ2v) is 1.48. The third kappa shape index (κ3) is 5.48. The first-order valence-corrected chi connectivity index (χ1v) is 2.72. The van der Waals surface area contributed by atoms with Gasteiger partial charge in [-0.15, -0.1) is 0 Å². The molecule has 0 fully saturated rings. The fraction of sp³-hybridized carbons (Fsp3) is 0.250. The zero-order chi connectivity index (χ0) is 6.24. The highest BCUT2D eigenvalue weighted by Crippen LogP contribution is 1.90. The highest BCUT2D eigenvalue weighted by atomic mass is 13.8. The number of hydrogen-bond acceptors (Lipinski definition) is 0. The quantitative estimate of drug-likeness (QED) is 0.486. The third-order valence-corrected chi connectivity index (χ3v) is 0.803. The monoisotopic (exact) mass is 107 g/mol. The second kappa shape index (κ2) is 6.48. The Bertz CT molecular complexity index is 66.0. The standard InChI is InChI=1S/C8H11/c1-3-5-7-8-6-4-2/h1,3-6H,2,7-8H2/b5-3+,6-4+. The van der Waals surface area contributed by atoms with Gasteiger partial charge >= 0.3 is 0 Å². The van der Waals surface area contributed by atoms with Gasteiger partial charge in [-0.3, -0.25) is 0 Å². The first-order valence-electron chi connectivity index (χ1n) is 2.72. The van der Waals surface area contributed by atoms with E-state index in [1.165, 1.54) is 0 Å². The topological polar surface area (TPSA) is 0 Å². The van der Waals surface area contributed by atoms with Gasteiger partial charge in [0.15, 0.2) is 0 Å². The normalized spacial score (nSPS) is 11.8. The lowest BCUT2D eigenvalue weighted by molar-refractivity contribution is 1.05. The van der Waals surface area contributed by atoms with Gasteiger partial charge in [-0.05, 0) is 26.7 Å². The summed E-state index contributed by atoms with van der Waals surface area (Å²) >= 11 is 0. The summed E-state index contributed by atoms with van der Waals surface area (Å²) in [5.74, 6) is 0. The van der Waals surface area contributed by atoms with Crippen molar-refractivity contribution in [2.45, 2.75) is 12.8 Å². The Morgan fingerprint density at radius 2 is 1.88 bits per heavy atom. The van der Waals surface area contributed by atoms with E-state index in [1.807, 2.05) is 12.2 Å². The van der Waals surface area contributed by atoms with Crippen LogP contribution in [0.1, 0.15) is 12.8 Å². The summed E-state index contributed by atoms with van der Waals surface area (Å²) in [5.41, 5.74) is 0. The molecule has 0 N–H and O–H groups in total. The van der Waals surface area contributed by atoms with Crippen LogP contribution < -0.4 is 0 Å². The van der Waals surface area contributed by atoms with E-state index in [0.717, 1.165) is 12.8 Å². The second-order valence-electron chi connectivity index (χ2n) is 1.48. The van der Waals surface area contributed by atoms with Crippen LogP contribution in [0, 0.1) is 13.8 Å². The molecule has 0 amide bonds. The van der Waals surface area contributed by atoms with E-state index in [1.54, 1.807) is 12.2 Å². The van der Waals surface area contributed by atoms with Crippen LogP contribution in [0.25, 0.3) is 0 Å². The predicted molar refractivity (Wildman–Crippen MR) is 37.2 cm³/mol. The van der Waals surface area contributed by atoms with Gasteiger partial charge < -0.3 is 0 Å². The third-order valence-electron chi connectivity index (χ3n) is 0.803. The summed E-state index contributed by atoms with van der Waals surface area (Å²) in [6.45, 7) is 8.64. The van der Waals surface area contributed by atoms with Crippen molar-refractivity contribution in [3.63, 3.8) is 0 Å². The Labute approximate surface area is 51.9 Å². The molecular formula is C8H11. The minimum absolute atomic E-state index is 1.02. The number of hydrogen-bond donors (Lipinski definition) is 0. The molecule has 0 saturated heterocycles. The molecule has 43 valence electrons. The van der Waals surface area contributed by atoms with Gasteiger partial charge in [-0.2, -0.15) is 0 Å². The van der Waals surface area contributed by atoms with E-state index in [0.29, 0.717) is 0 Å². The van der Waals surface area contributed by atoms with Crippen LogP contribution in [0.3, 0.4) is 0 Å². The van der Waals surface area contributed by atoms with E-state index >= 15 is 0 Å². The van der Waals surface area contributed by atoms with Gasteiger partial charge in [0, 0.05) is 0 Å². The molecule has 0 aliphatic carbocycles. The van der Waals surface area contributed by atoms with Crippen LogP contribution in [0.4, 0.5) is 0 Å². The smallest absolute Gasteiger partial charge is 0.00958 e. The van der Waals surface area contributed by atoms with Crippen LogP contribution in [0.2, 0.25) is 0 Å². The van der Waals surface area contributed by atoms with Crippen molar-refractivity contribution in [3.8, 4) is 0 Å². The van der Waals surface area contributed by atoms with E-state index in [4.69, 9.17) is 6.92 Å². The highest BCUT2D eigenvalue weighted by molar-refractivity contribution is 4.89. The molecule has 3 radical (unpaired) electrons. The average molecular weight is 107 g/mol. The first-order chi connectivity index (χ1) is 3.91. The number of rotatable bonds is 3. The van der Waals surface area contributed by atoms with Crippen LogP contribution in [0.15, 0.2) is 24.3 Å². The van der Waals surface area contributed by atoms with Gasteiger partial charge in [-0.25, -0.2) is 0 Å². The Hall–Kier alpha value is -0.520. The van der Waals surface area contributed by atoms with E-state index in [-0.39, 0.29) is 0 Å². The predicted octanol–water partition coefficient (Wildman–Crippen LogP) is 2.42. The molecule has 0 aliphatic rings. The molecule has 0 aromatic carbocycles. The Morgan fingerprint density at radius 3 is 2.38 bits per heavy atom. The van der Waals surface area contributed by atoms with Crippen LogP contribution in [-0.4, -0.2) is 0 Å². The van der Waals surface area contributed by atoms with Crippen molar-refractivity contribution < 1.29 is 0 Å². The fourth-order valence-corrected chi connectivity index (χ4v) is 0.407. The zero-order valence-corrected chi connectivity index (χ0v) is 5.01. The van der Waals surface area contributed by atoms with Crippen molar-refractivity contribution in [1.29, 1.82) is 0 Å². The Kier molecular flexibility index (Phi) is 6.06. The molecule has 0 bridgehead atoms. The molecule has 8 heavy (non-hydrogen) atoms. The van der Waals surface area contributed by atoms with Crippen LogP contribution >= 0.6 is 0 Å². The summed E-state index contributed by atoms with van der Waals surface area (Å²) in [6.07, 6.45) is 9.36. The molecule has 0 rings (SSSR count). The molecule has 0 heterocycles. The molecule has 0 heteroatoms. The van der Waals surface area contributed by atoms with E-state index in [9.17, 15) is 0 Å².